The predicted molar refractivity (Wildman–Crippen MR) is 121 cm³/mol. The number of carbonyl (C=O) groups is 2. The summed E-state index contributed by atoms with van der Waals surface area (Å²) in [6, 6.07) is 15.4. The molecule has 158 valence electrons. The van der Waals surface area contributed by atoms with Gasteiger partial charge in [0.05, 0.1) is 12.8 Å². The third kappa shape index (κ3) is 3.47. The third-order valence-corrected chi connectivity index (χ3v) is 7.57. The molecule has 0 aliphatic carbocycles. The number of rotatable bonds is 4. The van der Waals surface area contributed by atoms with E-state index in [1.807, 2.05) is 41.3 Å². The van der Waals surface area contributed by atoms with Crippen LogP contribution < -0.4 is 10.1 Å². The third-order valence-electron chi connectivity index (χ3n) is 5.98. The predicted octanol–water partition coefficient (Wildman–Crippen LogP) is 4.52. The van der Waals surface area contributed by atoms with Crippen LogP contribution in [-0.2, 0) is 19.9 Å². The Morgan fingerprint density at radius 1 is 1.20 bits per heavy atom. The number of fused-ring (bicyclic) bond motifs is 1. The average Bonchev–Trinajstić information content (AvgIpc) is 3.27. The maximum Gasteiger partial charge on any atom is 0.248 e. The van der Waals surface area contributed by atoms with Crippen molar-refractivity contribution in [3.8, 4) is 5.75 Å². The number of carbonyl (C=O) groups excluding carboxylic acids is 2. The van der Waals surface area contributed by atoms with Crippen LogP contribution in [0.4, 0.5) is 5.69 Å². The zero-order valence-electron chi connectivity index (χ0n) is 17.9. The Morgan fingerprint density at radius 2 is 1.93 bits per heavy atom. The van der Waals surface area contributed by atoms with Gasteiger partial charge in [0.2, 0.25) is 11.8 Å². The molecule has 0 aromatic heterocycles. The molecule has 4 rings (SSSR count). The standard InChI is InChI=1S/C24H28N2O3S/c1-23(2,3)17-10-11-20(29-4)18(14-17)25-22(28)19-15-30-24(13-12-21(27)26(19)24)16-8-6-5-7-9-16/h5-11,14,19H,12-13,15H2,1-4H3,(H,25,28)/t19-,24-/m1/s1. The molecule has 0 spiro atoms. The highest BCUT2D eigenvalue weighted by Crippen LogP contribution is 2.54. The number of hydrogen-bond acceptors (Lipinski definition) is 4. The molecule has 0 saturated carbocycles. The van der Waals surface area contributed by atoms with Crippen molar-refractivity contribution in [2.45, 2.75) is 49.9 Å². The smallest absolute Gasteiger partial charge is 0.248 e. The number of benzene rings is 2. The van der Waals surface area contributed by atoms with Gasteiger partial charge in [-0.2, -0.15) is 0 Å². The topological polar surface area (TPSA) is 58.6 Å². The Balaban J connectivity index is 1.63. The van der Waals surface area contributed by atoms with Gasteiger partial charge < -0.3 is 15.0 Å². The lowest BCUT2D eigenvalue weighted by molar-refractivity contribution is -0.136. The summed E-state index contributed by atoms with van der Waals surface area (Å²) in [5.74, 6) is 1.07. The number of thioether (sulfide) groups is 1. The van der Waals surface area contributed by atoms with Crippen molar-refractivity contribution in [1.29, 1.82) is 0 Å². The molecule has 2 aliphatic rings. The largest absolute Gasteiger partial charge is 0.495 e. The molecule has 2 atom stereocenters. The lowest BCUT2D eigenvalue weighted by Gasteiger charge is -2.34. The molecule has 2 aliphatic heterocycles. The number of nitrogens with one attached hydrogen (secondary N) is 1. The summed E-state index contributed by atoms with van der Waals surface area (Å²) in [7, 11) is 1.59. The lowest BCUT2D eigenvalue weighted by Crippen LogP contribution is -2.48. The zero-order valence-corrected chi connectivity index (χ0v) is 18.7. The molecule has 30 heavy (non-hydrogen) atoms. The SMILES string of the molecule is COc1ccc(C(C)(C)C)cc1NC(=O)[C@H]1CS[C@@]2(c3ccccc3)CCC(=O)N12. The first-order valence-electron chi connectivity index (χ1n) is 10.3. The Labute approximate surface area is 182 Å². The van der Waals surface area contributed by atoms with Crippen molar-refractivity contribution in [1.82, 2.24) is 4.90 Å². The molecular formula is C24H28N2O3S. The van der Waals surface area contributed by atoms with Gasteiger partial charge in [0.25, 0.3) is 0 Å². The fraction of sp³-hybridized carbons (Fsp3) is 0.417. The van der Waals surface area contributed by atoms with Gasteiger partial charge in [-0.1, -0.05) is 57.2 Å². The van der Waals surface area contributed by atoms with E-state index in [9.17, 15) is 9.59 Å². The maximum absolute atomic E-state index is 13.3. The summed E-state index contributed by atoms with van der Waals surface area (Å²) in [5, 5.41) is 3.05. The lowest BCUT2D eigenvalue weighted by atomic mass is 9.87. The van der Waals surface area contributed by atoms with E-state index in [-0.39, 0.29) is 17.2 Å². The van der Waals surface area contributed by atoms with Gasteiger partial charge in [-0.05, 0) is 35.1 Å². The summed E-state index contributed by atoms with van der Waals surface area (Å²) in [5.41, 5.74) is 2.78. The second-order valence-corrected chi connectivity index (χ2v) is 10.2. The maximum atomic E-state index is 13.3. The summed E-state index contributed by atoms with van der Waals surface area (Å²) < 4.78 is 5.47. The normalized spacial score (nSPS) is 23.4. The van der Waals surface area contributed by atoms with Crippen LogP contribution in [-0.4, -0.2) is 35.6 Å². The summed E-state index contributed by atoms with van der Waals surface area (Å²) in [6.07, 6.45) is 1.20. The van der Waals surface area contributed by atoms with Crippen LogP contribution >= 0.6 is 11.8 Å². The van der Waals surface area contributed by atoms with E-state index >= 15 is 0 Å². The molecular weight excluding hydrogens is 396 g/mol. The van der Waals surface area contributed by atoms with E-state index in [1.165, 1.54) is 0 Å². The first-order valence-corrected chi connectivity index (χ1v) is 11.3. The van der Waals surface area contributed by atoms with Gasteiger partial charge in [-0.3, -0.25) is 9.59 Å². The Morgan fingerprint density at radius 3 is 2.60 bits per heavy atom. The fourth-order valence-corrected chi connectivity index (χ4v) is 5.98. The van der Waals surface area contributed by atoms with Crippen molar-refractivity contribution in [3.05, 3.63) is 59.7 Å². The summed E-state index contributed by atoms with van der Waals surface area (Å²) >= 11 is 1.69. The highest BCUT2D eigenvalue weighted by atomic mass is 32.2. The van der Waals surface area contributed by atoms with Gasteiger partial charge in [-0.25, -0.2) is 0 Å². The number of ether oxygens (including phenoxy) is 1. The second-order valence-electron chi connectivity index (χ2n) is 8.90. The van der Waals surface area contributed by atoms with E-state index in [1.54, 1.807) is 18.9 Å². The van der Waals surface area contributed by atoms with Crippen molar-refractivity contribution in [2.75, 3.05) is 18.2 Å². The van der Waals surface area contributed by atoms with Crippen LogP contribution in [0.5, 0.6) is 5.75 Å². The Kier molecular flexibility index (Phi) is 5.30. The number of anilines is 1. The van der Waals surface area contributed by atoms with Crippen molar-refractivity contribution >= 4 is 29.3 Å². The molecule has 5 nitrogen and oxygen atoms in total. The monoisotopic (exact) mass is 424 g/mol. The number of amides is 2. The molecule has 6 heteroatoms. The van der Waals surface area contributed by atoms with Crippen LogP contribution in [0.15, 0.2) is 48.5 Å². The van der Waals surface area contributed by atoms with Gasteiger partial charge in [-0.15, -0.1) is 11.8 Å². The average molecular weight is 425 g/mol. The molecule has 1 N–H and O–H groups in total. The van der Waals surface area contributed by atoms with Crippen molar-refractivity contribution in [2.24, 2.45) is 0 Å². The molecule has 2 aromatic carbocycles. The van der Waals surface area contributed by atoms with Crippen LogP contribution in [0.2, 0.25) is 0 Å². The zero-order chi connectivity index (χ0) is 21.5. The van der Waals surface area contributed by atoms with Gasteiger partial charge in [0, 0.05) is 12.2 Å². The summed E-state index contributed by atoms with van der Waals surface area (Å²) in [4.78, 5) is 27.5. The summed E-state index contributed by atoms with van der Waals surface area (Å²) in [6.45, 7) is 6.39. The van der Waals surface area contributed by atoms with E-state index in [2.05, 4.69) is 38.2 Å². The minimum Gasteiger partial charge on any atom is -0.495 e. The van der Waals surface area contributed by atoms with E-state index < -0.39 is 10.9 Å². The first-order chi connectivity index (χ1) is 14.3. The molecule has 0 radical (unpaired) electrons. The minimum absolute atomic E-state index is 0.0411. The molecule has 0 bridgehead atoms. The van der Waals surface area contributed by atoms with E-state index in [4.69, 9.17) is 4.74 Å². The highest BCUT2D eigenvalue weighted by Gasteiger charge is 2.56. The second kappa shape index (κ2) is 7.65. The van der Waals surface area contributed by atoms with Gasteiger partial charge >= 0.3 is 0 Å². The minimum atomic E-state index is -0.506. The fourth-order valence-electron chi connectivity index (χ4n) is 4.32. The molecule has 2 aromatic rings. The molecule has 2 heterocycles. The van der Waals surface area contributed by atoms with Crippen LogP contribution in [0.1, 0.15) is 44.7 Å². The number of methoxy groups -OCH3 is 1. The van der Waals surface area contributed by atoms with Crippen LogP contribution in [0.25, 0.3) is 0 Å². The highest BCUT2D eigenvalue weighted by molar-refractivity contribution is 8.00. The van der Waals surface area contributed by atoms with Gasteiger partial charge in [0.15, 0.2) is 0 Å². The van der Waals surface area contributed by atoms with Crippen molar-refractivity contribution < 1.29 is 14.3 Å². The van der Waals surface area contributed by atoms with E-state index in [0.717, 1.165) is 17.5 Å². The van der Waals surface area contributed by atoms with Gasteiger partial charge in [0.1, 0.15) is 16.7 Å². The first kappa shape index (κ1) is 20.8. The molecule has 2 fully saturated rings. The molecule has 0 unspecified atom stereocenters. The quantitative estimate of drug-likeness (QED) is 0.784. The number of hydrogen-bond donors (Lipinski definition) is 1. The van der Waals surface area contributed by atoms with Crippen LogP contribution in [0.3, 0.4) is 0 Å². The molecule has 2 saturated heterocycles. The van der Waals surface area contributed by atoms with Crippen molar-refractivity contribution in [3.63, 3.8) is 0 Å². The number of nitrogens with zero attached hydrogens (tertiary/aromatic N) is 1. The van der Waals surface area contributed by atoms with Crippen LogP contribution in [0, 0.1) is 0 Å². The van der Waals surface area contributed by atoms with E-state index in [0.29, 0.717) is 23.6 Å². The Bertz CT molecular complexity index is 970. The Hall–Kier alpha value is -2.47. The molecule has 2 amide bonds.